The minimum atomic E-state index is -0.362. The summed E-state index contributed by atoms with van der Waals surface area (Å²) < 4.78 is 5.39. The first-order valence-electron chi connectivity index (χ1n) is 8.87. The fraction of sp³-hybridized carbons (Fsp3) is 0. The molecule has 0 aliphatic rings. The molecule has 3 nitrogen and oxygen atoms in total. The first-order chi connectivity index (χ1) is 13.7. The zero-order valence-corrected chi connectivity index (χ0v) is 15.5. The maximum Gasteiger partial charge on any atom is 0.336 e. The zero-order valence-electron chi connectivity index (χ0n) is 14.7. The standard InChI is InChI=1S/C24H14ClNO2/c25-18-9-6-16(7-10-18)21-13-19(15-4-2-1-3-5-15)20-14-23-17(12-22(20)26-21)8-11-24(27)28-23/h1-14H. The Labute approximate surface area is 165 Å². The third-order valence-corrected chi connectivity index (χ3v) is 5.03. The molecule has 0 bridgehead atoms. The molecule has 3 aromatic carbocycles. The van der Waals surface area contributed by atoms with Gasteiger partial charge in [0, 0.05) is 27.4 Å². The molecule has 0 unspecified atom stereocenters. The molecule has 0 saturated carbocycles. The van der Waals surface area contributed by atoms with Crippen molar-refractivity contribution in [1.82, 2.24) is 4.98 Å². The van der Waals surface area contributed by atoms with E-state index in [1.807, 2.05) is 54.6 Å². The highest BCUT2D eigenvalue weighted by Crippen LogP contribution is 2.34. The Morgan fingerprint density at radius 2 is 1.57 bits per heavy atom. The molecule has 0 amide bonds. The van der Waals surface area contributed by atoms with Crippen molar-refractivity contribution in [3.63, 3.8) is 0 Å². The maximum atomic E-state index is 11.6. The summed E-state index contributed by atoms with van der Waals surface area (Å²) >= 11 is 6.04. The second-order valence-electron chi connectivity index (χ2n) is 6.59. The molecule has 0 N–H and O–H groups in total. The van der Waals surface area contributed by atoms with Crippen molar-refractivity contribution >= 4 is 33.5 Å². The van der Waals surface area contributed by atoms with E-state index in [1.54, 1.807) is 6.07 Å². The summed E-state index contributed by atoms with van der Waals surface area (Å²) in [5, 5.41) is 2.46. The van der Waals surface area contributed by atoms with Gasteiger partial charge in [-0.25, -0.2) is 9.78 Å². The highest BCUT2D eigenvalue weighted by atomic mass is 35.5. The number of pyridine rings is 1. The fourth-order valence-corrected chi connectivity index (χ4v) is 3.54. The molecular weight excluding hydrogens is 370 g/mol. The van der Waals surface area contributed by atoms with Crippen molar-refractivity contribution in [2.24, 2.45) is 0 Å². The molecule has 0 radical (unpaired) electrons. The number of halogens is 1. The van der Waals surface area contributed by atoms with Gasteiger partial charge in [0.15, 0.2) is 0 Å². The Morgan fingerprint density at radius 1 is 0.786 bits per heavy atom. The minimum absolute atomic E-state index is 0.362. The van der Waals surface area contributed by atoms with Crippen LogP contribution in [0.1, 0.15) is 0 Å². The molecule has 28 heavy (non-hydrogen) atoms. The van der Waals surface area contributed by atoms with Gasteiger partial charge < -0.3 is 4.42 Å². The summed E-state index contributed by atoms with van der Waals surface area (Å²) in [7, 11) is 0. The monoisotopic (exact) mass is 383 g/mol. The van der Waals surface area contributed by atoms with Gasteiger partial charge in [0.25, 0.3) is 0 Å². The summed E-state index contributed by atoms with van der Waals surface area (Å²) in [6.07, 6.45) is 0. The Balaban J connectivity index is 1.86. The number of rotatable bonds is 2. The van der Waals surface area contributed by atoms with Gasteiger partial charge in [0.1, 0.15) is 5.58 Å². The summed E-state index contributed by atoms with van der Waals surface area (Å²) in [4.78, 5) is 16.5. The fourth-order valence-electron chi connectivity index (χ4n) is 3.41. The van der Waals surface area contributed by atoms with E-state index < -0.39 is 0 Å². The van der Waals surface area contributed by atoms with Crippen LogP contribution in [0.2, 0.25) is 5.02 Å². The van der Waals surface area contributed by atoms with E-state index in [0.29, 0.717) is 10.6 Å². The minimum Gasteiger partial charge on any atom is -0.423 e. The zero-order chi connectivity index (χ0) is 19.1. The SMILES string of the molecule is O=c1ccc2cc3nc(-c4ccc(Cl)cc4)cc(-c4ccccc4)c3cc2o1. The number of hydrogen-bond acceptors (Lipinski definition) is 3. The summed E-state index contributed by atoms with van der Waals surface area (Å²) in [5.41, 5.74) is 4.99. The topological polar surface area (TPSA) is 43.1 Å². The summed E-state index contributed by atoms with van der Waals surface area (Å²) in [5.74, 6) is 0. The first-order valence-corrected chi connectivity index (χ1v) is 9.25. The Hall–Kier alpha value is -3.43. The van der Waals surface area contributed by atoms with Gasteiger partial charge in [0.2, 0.25) is 0 Å². The van der Waals surface area contributed by atoms with Gasteiger partial charge in [-0.15, -0.1) is 0 Å². The predicted octanol–water partition coefficient (Wildman–Crippen LogP) is 6.33. The van der Waals surface area contributed by atoms with Crippen molar-refractivity contribution in [2.45, 2.75) is 0 Å². The van der Waals surface area contributed by atoms with Crippen LogP contribution >= 0.6 is 11.6 Å². The van der Waals surface area contributed by atoms with Gasteiger partial charge in [-0.1, -0.05) is 54.1 Å². The third kappa shape index (κ3) is 2.96. The smallest absolute Gasteiger partial charge is 0.336 e. The van der Waals surface area contributed by atoms with Gasteiger partial charge >= 0.3 is 5.63 Å². The number of benzene rings is 3. The highest BCUT2D eigenvalue weighted by molar-refractivity contribution is 6.30. The second-order valence-corrected chi connectivity index (χ2v) is 7.03. The van der Waals surface area contributed by atoms with Crippen LogP contribution in [-0.2, 0) is 0 Å². The van der Waals surface area contributed by atoms with Gasteiger partial charge in [-0.3, -0.25) is 0 Å². The molecule has 0 fully saturated rings. The maximum absolute atomic E-state index is 11.6. The van der Waals surface area contributed by atoms with Crippen LogP contribution in [0.5, 0.6) is 0 Å². The van der Waals surface area contributed by atoms with Crippen LogP contribution in [-0.4, -0.2) is 4.98 Å². The Bertz CT molecular complexity index is 1370. The lowest BCUT2D eigenvalue weighted by molar-refractivity contribution is 0.561. The summed E-state index contributed by atoms with van der Waals surface area (Å²) in [6.45, 7) is 0. The van der Waals surface area contributed by atoms with Crippen molar-refractivity contribution in [2.75, 3.05) is 0 Å². The molecule has 5 rings (SSSR count). The number of aromatic nitrogens is 1. The van der Waals surface area contributed by atoms with E-state index in [1.165, 1.54) is 6.07 Å². The average Bonchev–Trinajstić information content (AvgIpc) is 2.73. The van der Waals surface area contributed by atoms with Crippen molar-refractivity contribution < 1.29 is 4.42 Å². The molecule has 2 aromatic heterocycles. The molecule has 0 atom stereocenters. The first kappa shape index (κ1) is 16.7. The number of fused-ring (bicyclic) bond motifs is 2. The van der Waals surface area contributed by atoms with E-state index >= 15 is 0 Å². The van der Waals surface area contributed by atoms with Crippen LogP contribution in [0.4, 0.5) is 0 Å². The predicted molar refractivity (Wildman–Crippen MR) is 114 cm³/mol. The number of nitrogens with zero attached hydrogens (tertiary/aromatic N) is 1. The number of hydrogen-bond donors (Lipinski definition) is 0. The van der Waals surface area contributed by atoms with Gasteiger partial charge in [-0.05, 0) is 47.5 Å². The molecule has 0 saturated heterocycles. The second kappa shape index (κ2) is 6.63. The molecular formula is C24H14ClNO2. The van der Waals surface area contributed by atoms with Gasteiger partial charge in [-0.2, -0.15) is 0 Å². The molecule has 0 aliphatic heterocycles. The normalized spacial score (nSPS) is 11.2. The van der Waals surface area contributed by atoms with E-state index in [4.69, 9.17) is 21.0 Å². The lowest BCUT2D eigenvalue weighted by atomic mass is 9.97. The van der Waals surface area contributed by atoms with E-state index in [2.05, 4.69) is 18.2 Å². The van der Waals surface area contributed by atoms with Crippen LogP contribution < -0.4 is 5.63 Å². The molecule has 2 heterocycles. The third-order valence-electron chi connectivity index (χ3n) is 4.77. The largest absolute Gasteiger partial charge is 0.423 e. The summed E-state index contributed by atoms with van der Waals surface area (Å²) in [6, 6.07) is 26.9. The van der Waals surface area contributed by atoms with Crippen LogP contribution in [0.15, 0.2) is 94.1 Å². The van der Waals surface area contributed by atoms with Crippen molar-refractivity contribution in [1.29, 1.82) is 0 Å². The highest BCUT2D eigenvalue weighted by Gasteiger charge is 2.12. The van der Waals surface area contributed by atoms with E-state index in [0.717, 1.165) is 38.7 Å². The molecule has 4 heteroatoms. The van der Waals surface area contributed by atoms with Crippen molar-refractivity contribution in [3.05, 3.63) is 100 Å². The quantitative estimate of drug-likeness (QED) is 0.264. The van der Waals surface area contributed by atoms with Crippen LogP contribution in [0, 0.1) is 0 Å². The van der Waals surface area contributed by atoms with Gasteiger partial charge in [0.05, 0.1) is 11.2 Å². The lowest BCUT2D eigenvalue weighted by Gasteiger charge is -2.11. The van der Waals surface area contributed by atoms with Crippen LogP contribution in [0.25, 0.3) is 44.3 Å². The molecule has 0 aliphatic carbocycles. The molecule has 5 aromatic rings. The Kier molecular flexibility index (Phi) is 3.96. The lowest BCUT2D eigenvalue weighted by Crippen LogP contribution is -1.95. The Morgan fingerprint density at radius 3 is 2.36 bits per heavy atom. The van der Waals surface area contributed by atoms with E-state index in [9.17, 15) is 4.79 Å². The van der Waals surface area contributed by atoms with Crippen LogP contribution in [0.3, 0.4) is 0 Å². The molecule has 134 valence electrons. The average molecular weight is 384 g/mol. The molecule has 0 spiro atoms. The van der Waals surface area contributed by atoms with Crippen molar-refractivity contribution in [3.8, 4) is 22.4 Å². The van der Waals surface area contributed by atoms with E-state index in [-0.39, 0.29) is 5.63 Å².